The minimum absolute atomic E-state index is 0.262. The predicted octanol–water partition coefficient (Wildman–Crippen LogP) is 7.63. The van der Waals surface area contributed by atoms with Crippen LogP contribution in [0.25, 0.3) is 22.6 Å². The first-order valence-electron chi connectivity index (χ1n) is 14.5. The van der Waals surface area contributed by atoms with Crippen LogP contribution in [0.15, 0.2) is 99.5 Å². The maximum Gasteiger partial charge on any atom is 0.265 e. The van der Waals surface area contributed by atoms with Crippen LogP contribution in [0.5, 0.6) is 0 Å². The number of benzene rings is 3. The van der Waals surface area contributed by atoms with Gasteiger partial charge in [-0.2, -0.15) is 13.0 Å². The van der Waals surface area contributed by atoms with Gasteiger partial charge >= 0.3 is 0 Å². The van der Waals surface area contributed by atoms with Crippen molar-refractivity contribution in [3.05, 3.63) is 111 Å². The molecule has 1 aliphatic rings. The molecule has 43 heavy (non-hydrogen) atoms. The highest BCUT2D eigenvalue weighted by Crippen LogP contribution is 2.47. The van der Waals surface area contributed by atoms with Crippen molar-refractivity contribution in [3.8, 4) is 0 Å². The average molecular weight is 680 g/mol. The lowest BCUT2D eigenvalue weighted by Crippen LogP contribution is -2.35. The number of thioether (sulfide) groups is 1. The van der Waals surface area contributed by atoms with Gasteiger partial charge in [0.2, 0.25) is 5.52 Å². The van der Waals surface area contributed by atoms with Gasteiger partial charge in [-0.15, -0.1) is 0 Å². The van der Waals surface area contributed by atoms with Crippen molar-refractivity contribution in [1.29, 1.82) is 0 Å². The number of aromatic nitrogens is 1. The largest absolute Gasteiger partial charge is 0.338 e. The molecular formula is C34H37BrN3O3S2+. The van der Waals surface area contributed by atoms with Crippen molar-refractivity contribution in [2.24, 2.45) is 0 Å². The van der Waals surface area contributed by atoms with Gasteiger partial charge in [0.15, 0.2) is 6.20 Å². The lowest BCUT2D eigenvalue weighted by atomic mass is 9.99. The van der Waals surface area contributed by atoms with Crippen LogP contribution >= 0.6 is 27.7 Å². The zero-order valence-electron chi connectivity index (χ0n) is 24.7. The smallest absolute Gasteiger partial charge is 0.265 e. The Balaban J connectivity index is 1.56. The van der Waals surface area contributed by atoms with Gasteiger partial charge in [0.25, 0.3) is 10.1 Å². The van der Waals surface area contributed by atoms with Crippen LogP contribution in [-0.4, -0.2) is 43.8 Å². The van der Waals surface area contributed by atoms with Crippen LogP contribution < -0.4 is 9.47 Å². The number of nitrogens with zero attached hydrogens (tertiary/aromatic N) is 3. The molecule has 0 aliphatic carbocycles. The molecular weight excluding hydrogens is 642 g/mol. The summed E-state index contributed by atoms with van der Waals surface area (Å²) in [4.78, 5) is 5.87. The van der Waals surface area contributed by atoms with E-state index < -0.39 is 10.1 Å². The van der Waals surface area contributed by atoms with Gasteiger partial charge in [-0.1, -0.05) is 77.9 Å². The Morgan fingerprint density at radius 1 is 1.05 bits per heavy atom. The summed E-state index contributed by atoms with van der Waals surface area (Å²) in [7, 11) is -1.89. The lowest BCUT2D eigenvalue weighted by molar-refractivity contribution is -0.671. The predicted molar refractivity (Wildman–Crippen MR) is 183 cm³/mol. The topological polar surface area (TPSA) is 64.7 Å². The minimum Gasteiger partial charge on any atom is -0.338 e. The SMILES string of the molecule is CCN(CC)Cc1ccc(C(=Cc2cc[n+](CCCS(=O)(=O)O)c3ccccc23)C=C2Sc3ccc(Br)cc3N2C)cc1. The second-order valence-electron chi connectivity index (χ2n) is 10.6. The first-order chi connectivity index (χ1) is 20.6. The molecule has 0 saturated heterocycles. The van der Waals surface area contributed by atoms with E-state index in [9.17, 15) is 13.0 Å². The summed E-state index contributed by atoms with van der Waals surface area (Å²) in [5.41, 5.74) is 6.79. The summed E-state index contributed by atoms with van der Waals surface area (Å²) in [5.74, 6) is -0.262. The molecule has 0 saturated carbocycles. The Labute approximate surface area is 267 Å². The third-order valence-corrected chi connectivity index (χ3v) is 10.2. The summed E-state index contributed by atoms with van der Waals surface area (Å²) < 4.78 is 34.8. The van der Waals surface area contributed by atoms with E-state index in [1.54, 1.807) is 11.8 Å². The van der Waals surface area contributed by atoms with E-state index >= 15 is 0 Å². The van der Waals surface area contributed by atoms with Gasteiger partial charge in [-0.05, 0) is 71.8 Å². The summed E-state index contributed by atoms with van der Waals surface area (Å²) in [6.07, 6.45) is 6.84. The van der Waals surface area contributed by atoms with E-state index in [1.165, 1.54) is 16.1 Å². The van der Waals surface area contributed by atoms with Crippen LogP contribution in [0, 0.1) is 0 Å². The van der Waals surface area contributed by atoms with Gasteiger partial charge in [-0.25, -0.2) is 0 Å². The summed E-state index contributed by atoms with van der Waals surface area (Å²) in [6.45, 7) is 7.85. The van der Waals surface area contributed by atoms with Crippen molar-refractivity contribution < 1.29 is 17.5 Å². The molecule has 224 valence electrons. The minimum atomic E-state index is -3.99. The van der Waals surface area contributed by atoms with Gasteiger partial charge < -0.3 is 4.90 Å². The number of fused-ring (bicyclic) bond motifs is 2. The highest BCUT2D eigenvalue weighted by atomic mass is 79.9. The third kappa shape index (κ3) is 7.77. The van der Waals surface area contributed by atoms with Crippen LogP contribution in [0.1, 0.15) is 37.0 Å². The number of para-hydroxylation sites is 1. The molecule has 4 aromatic rings. The summed E-state index contributed by atoms with van der Waals surface area (Å²) in [5, 5.41) is 2.22. The summed E-state index contributed by atoms with van der Waals surface area (Å²) >= 11 is 5.38. The normalized spacial score (nSPS) is 14.7. The number of rotatable bonds is 11. The summed E-state index contributed by atoms with van der Waals surface area (Å²) in [6, 6.07) is 25.5. The van der Waals surface area contributed by atoms with Crippen molar-refractivity contribution in [2.45, 2.75) is 38.3 Å². The first-order valence-corrected chi connectivity index (χ1v) is 17.7. The number of halogens is 1. The molecule has 1 aromatic heterocycles. The van der Waals surface area contributed by atoms with Gasteiger partial charge in [0, 0.05) is 41.5 Å². The average Bonchev–Trinajstić information content (AvgIpc) is 3.30. The second-order valence-corrected chi connectivity index (χ2v) is 14.2. The number of hydrogen-bond acceptors (Lipinski definition) is 5. The highest BCUT2D eigenvalue weighted by Gasteiger charge is 2.23. The molecule has 0 bridgehead atoms. The van der Waals surface area contributed by atoms with E-state index in [0.29, 0.717) is 13.0 Å². The number of allylic oxidation sites excluding steroid dienone is 2. The molecule has 6 nitrogen and oxygen atoms in total. The van der Waals surface area contributed by atoms with E-state index in [2.05, 4.69) is 119 Å². The van der Waals surface area contributed by atoms with Gasteiger partial charge in [0.1, 0.15) is 6.54 Å². The molecule has 2 heterocycles. The number of pyridine rings is 1. The Kier molecular flexibility index (Phi) is 10.1. The molecule has 0 atom stereocenters. The fraction of sp³-hybridized carbons (Fsp3) is 0.265. The molecule has 0 radical (unpaired) electrons. The fourth-order valence-electron chi connectivity index (χ4n) is 5.33. The van der Waals surface area contributed by atoms with Crippen LogP contribution in [0.2, 0.25) is 0 Å². The van der Waals surface area contributed by atoms with Crippen LogP contribution in [-0.2, 0) is 23.2 Å². The van der Waals surface area contributed by atoms with Crippen molar-refractivity contribution in [2.75, 3.05) is 30.8 Å². The molecule has 3 aromatic carbocycles. The molecule has 0 unspecified atom stereocenters. The van der Waals surface area contributed by atoms with Crippen molar-refractivity contribution in [1.82, 2.24) is 4.90 Å². The maximum atomic E-state index is 11.3. The zero-order chi connectivity index (χ0) is 30.6. The highest BCUT2D eigenvalue weighted by molar-refractivity contribution is 9.10. The molecule has 5 rings (SSSR count). The Hall–Kier alpha value is -2.95. The number of hydrogen-bond donors (Lipinski definition) is 1. The van der Waals surface area contributed by atoms with Gasteiger partial charge in [-0.3, -0.25) is 9.45 Å². The molecule has 1 N–H and O–H groups in total. The van der Waals surface area contributed by atoms with Crippen molar-refractivity contribution >= 4 is 66.0 Å². The quantitative estimate of drug-likeness (QED) is 0.130. The van der Waals surface area contributed by atoms with E-state index in [0.717, 1.165) is 56.7 Å². The molecule has 0 amide bonds. The molecule has 1 aliphatic heterocycles. The Bertz CT molecular complexity index is 1780. The maximum absolute atomic E-state index is 11.3. The van der Waals surface area contributed by atoms with Crippen LogP contribution in [0.4, 0.5) is 5.69 Å². The van der Waals surface area contributed by atoms with Gasteiger partial charge in [0.05, 0.1) is 21.9 Å². The fourth-order valence-corrected chi connectivity index (χ4v) is 7.25. The lowest BCUT2D eigenvalue weighted by Gasteiger charge is -2.18. The molecule has 0 fully saturated rings. The van der Waals surface area contributed by atoms with E-state index in [1.807, 2.05) is 22.9 Å². The van der Waals surface area contributed by atoms with E-state index in [4.69, 9.17) is 0 Å². The second kappa shape index (κ2) is 13.8. The van der Waals surface area contributed by atoms with Crippen molar-refractivity contribution in [3.63, 3.8) is 0 Å². The Morgan fingerprint density at radius 2 is 1.79 bits per heavy atom. The van der Waals surface area contributed by atoms with E-state index in [-0.39, 0.29) is 5.75 Å². The Morgan fingerprint density at radius 3 is 2.51 bits per heavy atom. The van der Waals surface area contributed by atoms with Crippen LogP contribution in [0.3, 0.4) is 0 Å². The number of anilines is 1. The zero-order valence-corrected chi connectivity index (χ0v) is 27.9. The third-order valence-electron chi connectivity index (χ3n) is 7.77. The standard InChI is InChI=1S/C34H36BrN3O3S2/c1-4-37(5-2)24-25-11-13-26(14-12-25)28(22-34-36(3)32-23-29(35)15-16-33(32)42-34)21-27-17-19-38(18-8-20-43(39,40)41)31-10-7-6-9-30(27)31/h6-7,9-17,19,21-23H,4-5,8,18,20,24H2,1-3H3/p+1. The molecule has 0 spiro atoms. The first kappa shape index (κ1) is 31.5. The molecule has 9 heteroatoms. The monoisotopic (exact) mass is 678 g/mol. The number of aryl methyl sites for hydroxylation is 1.